The van der Waals surface area contributed by atoms with Crippen molar-refractivity contribution in [3.8, 4) is 6.07 Å². The molecule has 6 nitrogen and oxygen atoms in total. The van der Waals surface area contributed by atoms with Crippen LogP contribution in [-0.4, -0.2) is 27.3 Å². The number of aliphatic carboxylic acids is 1. The van der Waals surface area contributed by atoms with Crippen molar-refractivity contribution in [2.24, 2.45) is 17.8 Å². The highest BCUT2D eigenvalue weighted by molar-refractivity contribution is 5.73. The summed E-state index contributed by atoms with van der Waals surface area (Å²) in [6.07, 6.45) is 2.99. The molecule has 2 fully saturated rings. The number of carboxylic acids is 1. The number of aryl methyl sites for hydroxylation is 1. The highest BCUT2D eigenvalue weighted by atomic mass is 16.4. The Labute approximate surface area is 123 Å². The summed E-state index contributed by atoms with van der Waals surface area (Å²) in [5.41, 5.74) is 1.99. The summed E-state index contributed by atoms with van der Waals surface area (Å²) in [7, 11) is 0. The van der Waals surface area contributed by atoms with Crippen LogP contribution in [0.15, 0.2) is 0 Å². The summed E-state index contributed by atoms with van der Waals surface area (Å²) in [4.78, 5) is 11.5. The van der Waals surface area contributed by atoms with Crippen molar-refractivity contribution < 1.29 is 9.90 Å². The SMILES string of the molecule is Cc1nnc(NC2C3CCC(C3)C2C(=O)O)c(C#N)c1C. The molecule has 0 radical (unpaired) electrons. The highest BCUT2D eigenvalue weighted by Gasteiger charge is 2.51. The lowest BCUT2D eigenvalue weighted by atomic mass is 9.84. The molecule has 0 amide bonds. The lowest BCUT2D eigenvalue weighted by Crippen LogP contribution is -2.39. The van der Waals surface area contributed by atoms with Crippen molar-refractivity contribution in [3.05, 3.63) is 16.8 Å². The number of carbonyl (C=O) groups is 1. The zero-order chi connectivity index (χ0) is 15.1. The minimum atomic E-state index is -0.755. The number of hydrogen-bond acceptors (Lipinski definition) is 5. The number of aromatic nitrogens is 2. The topological polar surface area (TPSA) is 98.9 Å². The molecule has 1 heterocycles. The summed E-state index contributed by atoms with van der Waals surface area (Å²) in [6.45, 7) is 3.65. The third-order valence-electron chi connectivity index (χ3n) is 5.07. The lowest BCUT2D eigenvalue weighted by Gasteiger charge is -2.29. The maximum atomic E-state index is 11.5. The molecule has 2 aliphatic rings. The molecule has 4 atom stereocenters. The fourth-order valence-corrected chi connectivity index (χ4v) is 3.86. The Hall–Kier alpha value is -2.16. The smallest absolute Gasteiger partial charge is 0.308 e. The van der Waals surface area contributed by atoms with Crippen LogP contribution in [0.1, 0.15) is 36.1 Å². The minimum absolute atomic E-state index is 0.148. The Morgan fingerprint density at radius 2 is 2.05 bits per heavy atom. The van der Waals surface area contributed by atoms with Crippen LogP contribution in [0, 0.1) is 42.9 Å². The van der Waals surface area contributed by atoms with E-state index in [9.17, 15) is 15.2 Å². The van der Waals surface area contributed by atoms with Gasteiger partial charge in [0.1, 0.15) is 11.6 Å². The predicted octanol–water partition coefficient (Wildman–Crippen LogP) is 1.88. The van der Waals surface area contributed by atoms with Crippen LogP contribution in [-0.2, 0) is 4.79 Å². The molecule has 1 aromatic rings. The monoisotopic (exact) mass is 286 g/mol. The van der Waals surface area contributed by atoms with Gasteiger partial charge in [0.25, 0.3) is 0 Å². The van der Waals surface area contributed by atoms with Crippen LogP contribution < -0.4 is 5.32 Å². The first-order valence-electron chi connectivity index (χ1n) is 7.26. The second-order valence-electron chi connectivity index (χ2n) is 6.11. The summed E-state index contributed by atoms with van der Waals surface area (Å²) in [5, 5.41) is 30.1. The fourth-order valence-electron chi connectivity index (χ4n) is 3.86. The van der Waals surface area contributed by atoms with E-state index in [1.807, 2.05) is 13.8 Å². The standard InChI is InChI=1S/C15H18N4O2/c1-7-8(2)18-19-14(11(7)6-16)17-13-10-4-3-9(5-10)12(13)15(20)21/h9-10,12-13H,3-5H2,1-2H3,(H,17,19)(H,20,21). The first-order chi connectivity index (χ1) is 10.0. The molecule has 0 spiro atoms. The highest BCUT2D eigenvalue weighted by Crippen LogP contribution is 2.49. The van der Waals surface area contributed by atoms with Crippen molar-refractivity contribution in [1.82, 2.24) is 10.2 Å². The molecule has 1 aromatic heterocycles. The lowest BCUT2D eigenvalue weighted by molar-refractivity contribution is -0.143. The van der Waals surface area contributed by atoms with Gasteiger partial charge in [-0.05, 0) is 50.5 Å². The van der Waals surface area contributed by atoms with E-state index < -0.39 is 11.9 Å². The molecule has 0 saturated heterocycles. The zero-order valence-electron chi connectivity index (χ0n) is 12.1. The fraction of sp³-hybridized carbons (Fsp3) is 0.600. The average Bonchev–Trinajstić information content (AvgIpc) is 3.04. The maximum Gasteiger partial charge on any atom is 0.308 e. The van der Waals surface area contributed by atoms with E-state index in [0.717, 1.165) is 30.5 Å². The summed E-state index contributed by atoms with van der Waals surface area (Å²) in [5.74, 6) is -0.126. The molecule has 2 N–H and O–H groups in total. The van der Waals surface area contributed by atoms with Gasteiger partial charge in [-0.25, -0.2) is 0 Å². The third-order valence-corrected chi connectivity index (χ3v) is 5.07. The van der Waals surface area contributed by atoms with E-state index in [1.54, 1.807) is 0 Å². The Morgan fingerprint density at radius 1 is 1.33 bits per heavy atom. The van der Waals surface area contributed by atoms with Crippen LogP contribution in [0.4, 0.5) is 5.82 Å². The molecule has 2 aliphatic carbocycles. The molecule has 2 saturated carbocycles. The summed E-state index contributed by atoms with van der Waals surface area (Å²) >= 11 is 0. The van der Waals surface area contributed by atoms with E-state index in [1.165, 1.54) is 0 Å². The van der Waals surface area contributed by atoms with Gasteiger partial charge in [-0.3, -0.25) is 4.79 Å². The number of nitriles is 1. The molecule has 3 rings (SSSR count). The largest absolute Gasteiger partial charge is 0.481 e. The number of nitrogens with zero attached hydrogens (tertiary/aromatic N) is 3. The maximum absolute atomic E-state index is 11.5. The van der Waals surface area contributed by atoms with E-state index in [2.05, 4.69) is 21.6 Å². The van der Waals surface area contributed by atoms with E-state index in [0.29, 0.717) is 17.3 Å². The number of hydrogen-bond donors (Lipinski definition) is 2. The van der Waals surface area contributed by atoms with Crippen molar-refractivity contribution in [2.45, 2.75) is 39.2 Å². The first kappa shape index (κ1) is 13.8. The first-order valence-corrected chi connectivity index (χ1v) is 7.26. The van der Waals surface area contributed by atoms with Gasteiger partial charge < -0.3 is 10.4 Å². The second kappa shape index (κ2) is 4.99. The Morgan fingerprint density at radius 3 is 2.71 bits per heavy atom. The van der Waals surface area contributed by atoms with Crippen molar-refractivity contribution in [1.29, 1.82) is 5.26 Å². The Kier molecular flexibility index (Phi) is 3.28. The van der Waals surface area contributed by atoms with Gasteiger partial charge in [-0.15, -0.1) is 5.10 Å². The van der Waals surface area contributed by atoms with E-state index in [-0.39, 0.29) is 12.0 Å². The van der Waals surface area contributed by atoms with Crippen LogP contribution in [0.5, 0.6) is 0 Å². The minimum Gasteiger partial charge on any atom is -0.481 e. The Balaban J connectivity index is 1.92. The van der Waals surface area contributed by atoms with Crippen molar-refractivity contribution in [3.63, 3.8) is 0 Å². The molecule has 4 unspecified atom stereocenters. The number of nitrogens with one attached hydrogen (secondary N) is 1. The van der Waals surface area contributed by atoms with Gasteiger partial charge in [0.05, 0.1) is 11.6 Å². The molecule has 2 bridgehead atoms. The van der Waals surface area contributed by atoms with Gasteiger partial charge >= 0.3 is 5.97 Å². The van der Waals surface area contributed by atoms with Gasteiger partial charge in [-0.2, -0.15) is 10.4 Å². The van der Waals surface area contributed by atoms with E-state index in [4.69, 9.17) is 0 Å². The van der Waals surface area contributed by atoms with E-state index >= 15 is 0 Å². The third kappa shape index (κ3) is 2.13. The Bertz CT molecular complexity index is 637. The molecule has 110 valence electrons. The number of rotatable bonds is 3. The summed E-state index contributed by atoms with van der Waals surface area (Å²) in [6, 6.07) is 2.01. The second-order valence-corrected chi connectivity index (χ2v) is 6.11. The molecule has 21 heavy (non-hydrogen) atoms. The molecule has 0 aliphatic heterocycles. The molecule has 0 aromatic carbocycles. The van der Waals surface area contributed by atoms with Gasteiger partial charge in [0.2, 0.25) is 0 Å². The van der Waals surface area contributed by atoms with Crippen LogP contribution in [0.2, 0.25) is 0 Å². The number of anilines is 1. The van der Waals surface area contributed by atoms with Crippen LogP contribution in [0.3, 0.4) is 0 Å². The van der Waals surface area contributed by atoms with Crippen LogP contribution in [0.25, 0.3) is 0 Å². The van der Waals surface area contributed by atoms with Gasteiger partial charge in [-0.1, -0.05) is 0 Å². The van der Waals surface area contributed by atoms with Gasteiger partial charge in [0, 0.05) is 6.04 Å². The number of fused-ring (bicyclic) bond motifs is 2. The summed E-state index contributed by atoms with van der Waals surface area (Å²) < 4.78 is 0. The zero-order valence-corrected chi connectivity index (χ0v) is 12.1. The molecular formula is C15H18N4O2. The molecular weight excluding hydrogens is 268 g/mol. The number of carboxylic acid groups (broad SMARTS) is 1. The average molecular weight is 286 g/mol. The quantitative estimate of drug-likeness (QED) is 0.880. The van der Waals surface area contributed by atoms with Gasteiger partial charge in [0.15, 0.2) is 5.82 Å². The van der Waals surface area contributed by atoms with Crippen LogP contribution >= 0.6 is 0 Å². The normalized spacial score (nSPS) is 30.1. The van der Waals surface area contributed by atoms with Crippen molar-refractivity contribution >= 4 is 11.8 Å². The van der Waals surface area contributed by atoms with Crippen molar-refractivity contribution in [2.75, 3.05) is 5.32 Å². The molecule has 6 heteroatoms. The predicted molar refractivity (Wildman–Crippen MR) is 75.6 cm³/mol.